The van der Waals surface area contributed by atoms with Crippen molar-refractivity contribution >= 4 is 11.6 Å². The van der Waals surface area contributed by atoms with Gasteiger partial charge in [0.2, 0.25) is 0 Å². The van der Waals surface area contributed by atoms with Crippen molar-refractivity contribution in [2.45, 2.75) is 64.0 Å². The van der Waals surface area contributed by atoms with Gasteiger partial charge >= 0.3 is 0 Å². The smallest absolute Gasteiger partial charge is 0.125 e. The van der Waals surface area contributed by atoms with E-state index in [4.69, 9.17) is 22.1 Å². The Kier molecular flexibility index (Phi) is 4.20. The van der Waals surface area contributed by atoms with Gasteiger partial charge in [0.1, 0.15) is 11.4 Å². The van der Waals surface area contributed by atoms with E-state index >= 15 is 0 Å². The fourth-order valence-electron chi connectivity index (χ4n) is 4.06. The highest BCUT2D eigenvalue weighted by Crippen LogP contribution is 2.46. The Morgan fingerprint density at radius 2 is 2.10 bits per heavy atom. The van der Waals surface area contributed by atoms with Crippen molar-refractivity contribution in [2.75, 3.05) is 0 Å². The number of benzene rings is 1. The molecule has 2 nitrogen and oxygen atoms in total. The molecular formula is C18H26ClNO. The SMILES string of the molecule is CC(C)C1CCCC2(CC1)C[C@@H](N)c1cc(Cl)ccc1O2. The van der Waals surface area contributed by atoms with Crippen LogP contribution in [0.2, 0.25) is 5.02 Å². The number of hydrogen-bond acceptors (Lipinski definition) is 2. The average molecular weight is 308 g/mol. The first-order valence-corrected chi connectivity index (χ1v) is 8.61. The summed E-state index contributed by atoms with van der Waals surface area (Å²) in [5, 5.41) is 0.740. The van der Waals surface area contributed by atoms with Gasteiger partial charge in [0.15, 0.2) is 0 Å². The lowest BCUT2D eigenvalue weighted by atomic mass is 9.81. The van der Waals surface area contributed by atoms with Gasteiger partial charge in [-0.2, -0.15) is 0 Å². The van der Waals surface area contributed by atoms with Gasteiger partial charge in [-0.15, -0.1) is 0 Å². The summed E-state index contributed by atoms with van der Waals surface area (Å²) in [6.07, 6.45) is 7.01. The lowest BCUT2D eigenvalue weighted by molar-refractivity contribution is 0.0199. The maximum Gasteiger partial charge on any atom is 0.125 e. The Hall–Kier alpha value is -0.730. The summed E-state index contributed by atoms with van der Waals surface area (Å²) in [4.78, 5) is 0. The summed E-state index contributed by atoms with van der Waals surface area (Å²) in [5.41, 5.74) is 7.44. The molecule has 2 N–H and O–H groups in total. The fourth-order valence-corrected chi connectivity index (χ4v) is 4.25. The van der Waals surface area contributed by atoms with Gasteiger partial charge in [-0.1, -0.05) is 31.9 Å². The van der Waals surface area contributed by atoms with Crippen molar-refractivity contribution in [3.05, 3.63) is 28.8 Å². The van der Waals surface area contributed by atoms with Gasteiger partial charge in [0.05, 0.1) is 0 Å². The normalized spacial score (nSPS) is 32.6. The standard InChI is InChI=1S/C18H26ClNO/c1-12(2)13-4-3-8-18(9-7-13)11-16(20)15-10-14(19)5-6-17(15)21-18/h5-6,10,12-13,16H,3-4,7-9,11,20H2,1-2H3/t13?,16-,18?/m1/s1. The number of ether oxygens (including phenoxy) is 1. The second kappa shape index (κ2) is 5.81. The molecule has 2 unspecified atom stereocenters. The molecule has 0 saturated heterocycles. The van der Waals surface area contributed by atoms with Gasteiger partial charge in [-0.25, -0.2) is 0 Å². The van der Waals surface area contributed by atoms with Crippen LogP contribution in [0.15, 0.2) is 18.2 Å². The third-order valence-corrected chi connectivity index (χ3v) is 5.65. The van der Waals surface area contributed by atoms with E-state index in [1.54, 1.807) is 0 Å². The van der Waals surface area contributed by atoms with E-state index in [1.807, 2.05) is 18.2 Å². The highest BCUT2D eigenvalue weighted by atomic mass is 35.5. The summed E-state index contributed by atoms with van der Waals surface area (Å²) >= 11 is 6.09. The van der Waals surface area contributed by atoms with Gasteiger partial charge in [0, 0.05) is 23.0 Å². The van der Waals surface area contributed by atoms with Gasteiger partial charge in [0.25, 0.3) is 0 Å². The van der Waals surface area contributed by atoms with Crippen LogP contribution in [0.5, 0.6) is 5.75 Å². The highest BCUT2D eigenvalue weighted by Gasteiger charge is 2.41. The topological polar surface area (TPSA) is 35.2 Å². The molecule has 2 aliphatic rings. The van der Waals surface area contributed by atoms with E-state index < -0.39 is 0 Å². The zero-order valence-corrected chi connectivity index (χ0v) is 13.8. The Balaban J connectivity index is 1.82. The molecule has 0 amide bonds. The second-order valence-electron chi connectivity index (χ2n) is 7.21. The average Bonchev–Trinajstić information content (AvgIpc) is 2.63. The summed E-state index contributed by atoms with van der Waals surface area (Å²) in [6, 6.07) is 5.90. The van der Waals surface area contributed by atoms with Gasteiger partial charge in [-0.3, -0.25) is 0 Å². The predicted molar refractivity (Wildman–Crippen MR) is 87.8 cm³/mol. The molecular weight excluding hydrogens is 282 g/mol. The minimum atomic E-state index is -0.0517. The highest BCUT2D eigenvalue weighted by molar-refractivity contribution is 6.30. The predicted octanol–water partition coefficient (Wildman–Crippen LogP) is 5.10. The number of fused-ring (bicyclic) bond motifs is 1. The maximum atomic E-state index is 6.46. The van der Waals surface area contributed by atoms with Crippen LogP contribution in [0.25, 0.3) is 0 Å². The van der Waals surface area contributed by atoms with Crippen LogP contribution in [-0.2, 0) is 0 Å². The Bertz CT molecular complexity index is 516. The summed E-state index contributed by atoms with van der Waals surface area (Å²) in [7, 11) is 0. The van der Waals surface area contributed by atoms with E-state index in [9.17, 15) is 0 Å². The van der Waals surface area contributed by atoms with Gasteiger partial charge < -0.3 is 10.5 Å². The third kappa shape index (κ3) is 3.07. The quantitative estimate of drug-likeness (QED) is 0.783. The summed E-state index contributed by atoms with van der Waals surface area (Å²) in [5.74, 6) is 2.54. The first kappa shape index (κ1) is 15.2. The van der Waals surface area contributed by atoms with Crippen molar-refractivity contribution in [3.8, 4) is 5.75 Å². The Labute approximate surface area is 133 Å². The molecule has 3 heteroatoms. The van der Waals surface area contributed by atoms with E-state index in [2.05, 4.69) is 13.8 Å². The van der Waals surface area contributed by atoms with E-state index in [1.165, 1.54) is 19.3 Å². The van der Waals surface area contributed by atoms with E-state index in [0.717, 1.165) is 47.4 Å². The molecule has 1 heterocycles. The van der Waals surface area contributed by atoms with Crippen molar-refractivity contribution in [3.63, 3.8) is 0 Å². The molecule has 1 aliphatic heterocycles. The molecule has 0 aromatic heterocycles. The van der Waals surface area contributed by atoms with Crippen molar-refractivity contribution in [1.82, 2.24) is 0 Å². The van der Waals surface area contributed by atoms with Crippen molar-refractivity contribution in [1.29, 1.82) is 0 Å². The second-order valence-corrected chi connectivity index (χ2v) is 7.65. The molecule has 1 saturated carbocycles. The molecule has 116 valence electrons. The van der Waals surface area contributed by atoms with Crippen LogP contribution < -0.4 is 10.5 Å². The van der Waals surface area contributed by atoms with E-state index in [0.29, 0.717) is 0 Å². The molecule has 21 heavy (non-hydrogen) atoms. The first-order valence-electron chi connectivity index (χ1n) is 8.23. The van der Waals surface area contributed by atoms with Crippen LogP contribution in [-0.4, -0.2) is 5.60 Å². The number of nitrogens with two attached hydrogens (primary N) is 1. The molecule has 3 rings (SSSR count). The molecule has 1 fully saturated rings. The maximum absolute atomic E-state index is 6.46. The number of hydrogen-bond donors (Lipinski definition) is 1. The van der Waals surface area contributed by atoms with E-state index in [-0.39, 0.29) is 11.6 Å². The van der Waals surface area contributed by atoms with Gasteiger partial charge in [-0.05, 0) is 55.7 Å². The number of rotatable bonds is 1. The molecule has 1 spiro atoms. The first-order chi connectivity index (χ1) is 9.99. The van der Waals surface area contributed by atoms with Crippen LogP contribution >= 0.6 is 11.6 Å². The van der Waals surface area contributed by atoms with Crippen molar-refractivity contribution < 1.29 is 4.74 Å². The van der Waals surface area contributed by atoms with Crippen LogP contribution in [0.4, 0.5) is 0 Å². The molecule has 1 aromatic rings. The zero-order valence-electron chi connectivity index (χ0n) is 13.1. The molecule has 0 radical (unpaired) electrons. The Morgan fingerprint density at radius 1 is 1.29 bits per heavy atom. The molecule has 0 bridgehead atoms. The fraction of sp³-hybridized carbons (Fsp3) is 0.667. The third-order valence-electron chi connectivity index (χ3n) is 5.41. The van der Waals surface area contributed by atoms with Crippen LogP contribution in [0.1, 0.15) is 64.0 Å². The Morgan fingerprint density at radius 3 is 2.86 bits per heavy atom. The zero-order chi connectivity index (χ0) is 15.0. The minimum absolute atomic E-state index is 0.0445. The molecule has 3 atom stereocenters. The largest absolute Gasteiger partial charge is 0.487 e. The molecule has 1 aromatic carbocycles. The molecule has 1 aliphatic carbocycles. The van der Waals surface area contributed by atoms with Crippen LogP contribution in [0, 0.1) is 11.8 Å². The number of halogens is 1. The lowest BCUT2D eigenvalue weighted by Gasteiger charge is -2.41. The summed E-state index contributed by atoms with van der Waals surface area (Å²) in [6.45, 7) is 4.68. The van der Waals surface area contributed by atoms with Crippen LogP contribution in [0.3, 0.4) is 0 Å². The summed E-state index contributed by atoms with van der Waals surface area (Å²) < 4.78 is 6.46. The lowest BCUT2D eigenvalue weighted by Crippen LogP contribution is -2.42. The monoisotopic (exact) mass is 307 g/mol. The van der Waals surface area contributed by atoms with Crippen molar-refractivity contribution in [2.24, 2.45) is 17.6 Å². The minimum Gasteiger partial charge on any atom is -0.487 e.